The molecule has 0 aromatic heterocycles. The number of nitrogens with one attached hydrogen (secondary N) is 4. The van der Waals surface area contributed by atoms with E-state index < -0.39 is 41.0 Å². The summed E-state index contributed by atoms with van der Waals surface area (Å²) in [5, 5.41) is 10.7. The molecule has 0 unspecified atom stereocenters. The molecule has 0 heterocycles. The van der Waals surface area contributed by atoms with Gasteiger partial charge >= 0.3 is 0 Å². The summed E-state index contributed by atoms with van der Waals surface area (Å²) in [6.45, 7) is 15.4. The number of rotatable bonds is 10. The van der Waals surface area contributed by atoms with Gasteiger partial charge in [0.2, 0.25) is 23.6 Å². The SMILES string of the molecule is CC(C)NC(=O)C(C(=O)NC(C)C)C(C)(N)C(C(=O)NC(C)C)C(=O)NC(C)C. The van der Waals surface area contributed by atoms with Gasteiger partial charge in [-0.1, -0.05) is 0 Å². The summed E-state index contributed by atoms with van der Waals surface area (Å²) in [5.41, 5.74) is 4.69. The summed E-state index contributed by atoms with van der Waals surface area (Å²) in [4.78, 5) is 51.6. The van der Waals surface area contributed by atoms with Gasteiger partial charge in [-0.3, -0.25) is 19.2 Å². The summed E-state index contributed by atoms with van der Waals surface area (Å²) < 4.78 is 0. The summed E-state index contributed by atoms with van der Waals surface area (Å²) in [6.07, 6.45) is 0. The van der Waals surface area contributed by atoms with Crippen LogP contribution in [0.1, 0.15) is 62.3 Å². The topological polar surface area (TPSA) is 142 Å². The average molecular weight is 414 g/mol. The molecule has 0 fully saturated rings. The Morgan fingerprint density at radius 1 is 0.552 bits per heavy atom. The van der Waals surface area contributed by atoms with Crippen molar-refractivity contribution in [2.45, 2.75) is 92.0 Å². The Labute approximate surface area is 174 Å². The first-order chi connectivity index (χ1) is 13.1. The molecule has 0 atom stereocenters. The van der Waals surface area contributed by atoms with Crippen LogP contribution in [-0.4, -0.2) is 53.3 Å². The molecule has 168 valence electrons. The maximum Gasteiger partial charge on any atom is 0.234 e. The van der Waals surface area contributed by atoms with Gasteiger partial charge in [-0.2, -0.15) is 0 Å². The van der Waals surface area contributed by atoms with Crippen LogP contribution >= 0.6 is 0 Å². The maximum atomic E-state index is 12.9. The normalized spacial score (nSPS) is 12.1. The van der Waals surface area contributed by atoms with E-state index in [0.29, 0.717) is 0 Å². The highest BCUT2D eigenvalue weighted by Crippen LogP contribution is 2.26. The second-order valence-electron chi connectivity index (χ2n) is 8.89. The minimum absolute atomic E-state index is 0.250. The van der Waals surface area contributed by atoms with Crippen LogP contribution in [0.4, 0.5) is 0 Å². The Morgan fingerprint density at radius 3 is 0.862 bits per heavy atom. The van der Waals surface area contributed by atoms with Gasteiger partial charge in [-0.25, -0.2) is 0 Å². The van der Waals surface area contributed by atoms with Crippen LogP contribution in [0.2, 0.25) is 0 Å². The predicted molar refractivity (Wildman–Crippen MR) is 113 cm³/mol. The lowest BCUT2D eigenvalue weighted by Gasteiger charge is -2.38. The van der Waals surface area contributed by atoms with Crippen LogP contribution in [0.3, 0.4) is 0 Å². The predicted octanol–water partition coefficient (Wildman–Crippen LogP) is 0.0346. The van der Waals surface area contributed by atoms with Gasteiger partial charge in [-0.15, -0.1) is 0 Å². The molecular formula is C20H39N5O4. The van der Waals surface area contributed by atoms with Crippen LogP contribution in [-0.2, 0) is 19.2 Å². The molecule has 0 saturated carbocycles. The van der Waals surface area contributed by atoms with E-state index in [1.165, 1.54) is 6.92 Å². The van der Waals surface area contributed by atoms with E-state index in [1.807, 2.05) is 0 Å². The molecule has 0 rings (SSSR count). The van der Waals surface area contributed by atoms with Crippen molar-refractivity contribution in [2.75, 3.05) is 0 Å². The lowest BCUT2D eigenvalue weighted by Crippen LogP contribution is -2.67. The zero-order chi connectivity index (χ0) is 23.1. The van der Waals surface area contributed by atoms with Crippen molar-refractivity contribution in [3.05, 3.63) is 0 Å². The third-order valence-corrected chi connectivity index (χ3v) is 4.02. The molecular weight excluding hydrogens is 374 g/mol. The van der Waals surface area contributed by atoms with Crippen LogP contribution < -0.4 is 27.0 Å². The van der Waals surface area contributed by atoms with Crippen molar-refractivity contribution in [1.82, 2.24) is 21.3 Å². The zero-order valence-electron chi connectivity index (χ0n) is 19.2. The highest BCUT2D eigenvalue weighted by atomic mass is 16.2. The van der Waals surface area contributed by atoms with E-state index in [4.69, 9.17) is 5.73 Å². The van der Waals surface area contributed by atoms with E-state index in [-0.39, 0.29) is 24.2 Å². The second kappa shape index (κ2) is 11.1. The van der Waals surface area contributed by atoms with Crippen LogP contribution in [0, 0.1) is 11.8 Å². The minimum atomic E-state index is -1.78. The highest BCUT2D eigenvalue weighted by Gasteiger charge is 2.52. The Morgan fingerprint density at radius 2 is 0.724 bits per heavy atom. The van der Waals surface area contributed by atoms with E-state index in [0.717, 1.165) is 0 Å². The van der Waals surface area contributed by atoms with Crippen LogP contribution in [0.15, 0.2) is 0 Å². The number of carbonyl (C=O) groups excluding carboxylic acids is 4. The molecule has 0 saturated heterocycles. The molecule has 0 aromatic rings. The Bertz CT molecular complexity index is 506. The fourth-order valence-corrected chi connectivity index (χ4v) is 3.01. The molecule has 0 spiro atoms. The third-order valence-electron chi connectivity index (χ3n) is 4.02. The van der Waals surface area contributed by atoms with Crippen molar-refractivity contribution in [2.24, 2.45) is 17.6 Å². The zero-order valence-corrected chi connectivity index (χ0v) is 19.2. The Hall–Kier alpha value is -2.16. The fourth-order valence-electron chi connectivity index (χ4n) is 3.01. The van der Waals surface area contributed by atoms with Gasteiger partial charge in [0.05, 0.1) is 5.54 Å². The molecule has 0 radical (unpaired) electrons. The molecule has 0 aliphatic rings. The summed E-state index contributed by atoms with van der Waals surface area (Å²) in [7, 11) is 0. The van der Waals surface area contributed by atoms with Crippen molar-refractivity contribution < 1.29 is 19.2 Å². The first kappa shape index (κ1) is 26.8. The van der Waals surface area contributed by atoms with E-state index >= 15 is 0 Å². The molecule has 0 aliphatic carbocycles. The summed E-state index contributed by atoms with van der Waals surface area (Å²) in [6, 6.07) is -1.000. The number of hydrogen-bond acceptors (Lipinski definition) is 5. The summed E-state index contributed by atoms with van der Waals surface area (Å²) in [5.74, 6) is -5.45. The second-order valence-corrected chi connectivity index (χ2v) is 8.89. The number of hydrogen-bond donors (Lipinski definition) is 5. The highest BCUT2D eigenvalue weighted by molar-refractivity contribution is 6.07. The fraction of sp³-hybridized carbons (Fsp3) is 0.800. The monoisotopic (exact) mass is 413 g/mol. The van der Waals surface area contributed by atoms with E-state index in [1.54, 1.807) is 55.4 Å². The standard InChI is InChI=1S/C20H39N5O4/c1-10(2)22-16(26)14(17(27)23-11(3)4)20(9,21)15(18(28)24-12(5)6)19(29)25-13(7)8/h10-15H,21H2,1-9H3,(H,22,26)(H,23,27)(H,24,28)(H,25,29). The first-order valence-electron chi connectivity index (χ1n) is 10.1. The molecule has 9 heteroatoms. The van der Waals surface area contributed by atoms with Gasteiger partial charge < -0.3 is 27.0 Å². The van der Waals surface area contributed by atoms with Crippen molar-refractivity contribution in [3.63, 3.8) is 0 Å². The molecule has 0 bridgehead atoms. The smallest absolute Gasteiger partial charge is 0.234 e. The van der Waals surface area contributed by atoms with Gasteiger partial charge in [0, 0.05) is 24.2 Å². The minimum Gasteiger partial charge on any atom is -0.353 e. The Balaban J connectivity index is 6.29. The van der Waals surface area contributed by atoms with Crippen molar-refractivity contribution in [3.8, 4) is 0 Å². The molecule has 9 nitrogen and oxygen atoms in total. The molecule has 6 N–H and O–H groups in total. The quantitative estimate of drug-likeness (QED) is 0.321. The van der Waals surface area contributed by atoms with Crippen molar-refractivity contribution in [1.29, 1.82) is 0 Å². The molecule has 0 aromatic carbocycles. The summed E-state index contributed by atoms with van der Waals surface area (Å²) >= 11 is 0. The first-order valence-corrected chi connectivity index (χ1v) is 10.1. The third kappa shape index (κ3) is 8.39. The number of carbonyl (C=O) groups is 4. The number of amides is 4. The molecule has 4 amide bonds. The maximum absolute atomic E-state index is 12.9. The lowest BCUT2D eigenvalue weighted by molar-refractivity contribution is -0.145. The lowest BCUT2D eigenvalue weighted by atomic mass is 9.73. The van der Waals surface area contributed by atoms with Gasteiger partial charge in [0.15, 0.2) is 0 Å². The molecule has 0 aliphatic heterocycles. The van der Waals surface area contributed by atoms with Gasteiger partial charge in [0.1, 0.15) is 11.8 Å². The van der Waals surface area contributed by atoms with E-state index in [9.17, 15) is 19.2 Å². The average Bonchev–Trinajstić information content (AvgIpc) is 2.42. The van der Waals surface area contributed by atoms with E-state index in [2.05, 4.69) is 21.3 Å². The number of nitrogens with two attached hydrogens (primary N) is 1. The Kier molecular flexibility index (Phi) is 10.3. The van der Waals surface area contributed by atoms with Crippen LogP contribution in [0.5, 0.6) is 0 Å². The largest absolute Gasteiger partial charge is 0.353 e. The molecule has 29 heavy (non-hydrogen) atoms. The van der Waals surface area contributed by atoms with Gasteiger partial charge in [0.25, 0.3) is 0 Å². The van der Waals surface area contributed by atoms with Crippen molar-refractivity contribution >= 4 is 23.6 Å². The van der Waals surface area contributed by atoms with Gasteiger partial charge in [-0.05, 0) is 62.3 Å². The van der Waals surface area contributed by atoms with Crippen LogP contribution in [0.25, 0.3) is 0 Å².